The maximum atomic E-state index is 12.2. The Morgan fingerprint density at radius 3 is 2.95 bits per heavy atom. The minimum atomic E-state index is -0.437. The van der Waals surface area contributed by atoms with Crippen molar-refractivity contribution in [1.29, 1.82) is 0 Å². The van der Waals surface area contributed by atoms with E-state index in [0.29, 0.717) is 18.9 Å². The summed E-state index contributed by atoms with van der Waals surface area (Å²) in [7, 11) is 0. The van der Waals surface area contributed by atoms with Gasteiger partial charge in [0, 0.05) is 12.6 Å². The lowest BCUT2D eigenvalue weighted by atomic mass is 10.1. The van der Waals surface area contributed by atoms with Crippen molar-refractivity contribution in [2.24, 2.45) is 0 Å². The normalized spacial score (nSPS) is 17.8. The molecule has 2 amide bonds. The van der Waals surface area contributed by atoms with Crippen molar-refractivity contribution >= 4 is 12.0 Å². The van der Waals surface area contributed by atoms with E-state index >= 15 is 0 Å². The second kappa shape index (κ2) is 7.29. The van der Waals surface area contributed by atoms with Crippen molar-refractivity contribution in [3.63, 3.8) is 0 Å². The van der Waals surface area contributed by atoms with E-state index in [1.165, 1.54) is 0 Å². The number of nitrogens with zero attached hydrogens (tertiary/aromatic N) is 2. The summed E-state index contributed by atoms with van der Waals surface area (Å²) in [6, 6.07) is 1.51. The zero-order valence-electron chi connectivity index (χ0n) is 13.3. The average molecular weight is 309 g/mol. The van der Waals surface area contributed by atoms with Gasteiger partial charge in [0.2, 0.25) is 0 Å². The summed E-state index contributed by atoms with van der Waals surface area (Å²) in [5, 5.41) is 6.63. The first-order valence-electron chi connectivity index (χ1n) is 7.69. The number of likely N-dealkylation sites (tertiary alicyclic amines) is 1. The molecule has 0 bridgehead atoms. The summed E-state index contributed by atoms with van der Waals surface area (Å²) < 4.78 is 10.2. The number of carbonyl (C=O) groups excluding carboxylic acids is 2. The second-order valence-corrected chi connectivity index (χ2v) is 5.62. The Morgan fingerprint density at radius 1 is 1.55 bits per heavy atom. The molecular weight excluding hydrogens is 286 g/mol. The lowest BCUT2D eigenvalue weighted by Crippen LogP contribution is -2.41. The Kier molecular flexibility index (Phi) is 5.41. The summed E-state index contributed by atoms with van der Waals surface area (Å²) >= 11 is 0. The predicted octanol–water partition coefficient (Wildman–Crippen LogP) is 2.21. The maximum Gasteiger partial charge on any atom is 0.325 e. The van der Waals surface area contributed by atoms with Gasteiger partial charge in [0.05, 0.1) is 18.3 Å². The summed E-state index contributed by atoms with van der Waals surface area (Å²) in [6.07, 6.45) is 1.73. The number of hydrogen-bond acceptors (Lipinski definition) is 5. The molecule has 1 saturated heterocycles. The third kappa shape index (κ3) is 3.78. The molecule has 2 rings (SSSR count). The summed E-state index contributed by atoms with van der Waals surface area (Å²) in [5.74, 6) is 0.547. The first-order chi connectivity index (χ1) is 10.5. The van der Waals surface area contributed by atoms with Gasteiger partial charge in [-0.05, 0) is 25.7 Å². The van der Waals surface area contributed by atoms with Gasteiger partial charge in [-0.25, -0.2) is 4.79 Å². The number of aromatic nitrogens is 1. The SMILES string of the molecule is CCOC(=O)CNC(=O)N1CCC[C@H]1c1cc(C(C)C)no1. The molecule has 22 heavy (non-hydrogen) atoms. The van der Waals surface area contributed by atoms with Crippen LogP contribution < -0.4 is 5.32 Å². The number of urea groups is 1. The molecule has 0 spiro atoms. The lowest BCUT2D eigenvalue weighted by Gasteiger charge is -2.22. The van der Waals surface area contributed by atoms with Crippen LogP contribution in [0.15, 0.2) is 10.6 Å². The van der Waals surface area contributed by atoms with Crippen molar-refractivity contribution in [2.45, 2.75) is 45.6 Å². The van der Waals surface area contributed by atoms with Crippen LogP contribution in [0.5, 0.6) is 0 Å². The van der Waals surface area contributed by atoms with Crippen LogP contribution >= 0.6 is 0 Å². The van der Waals surface area contributed by atoms with Crippen LogP contribution in [-0.2, 0) is 9.53 Å². The van der Waals surface area contributed by atoms with Crippen molar-refractivity contribution in [2.75, 3.05) is 19.7 Å². The Labute approximate surface area is 130 Å². The lowest BCUT2D eigenvalue weighted by molar-refractivity contribution is -0.141. The van der Waals surface area contributed by atoms with Crippen molar-refractivity contribution in [1.82, 2.24) is 15.4 Å². The number of ether oxygens (including phenoxy) is 1. The van der Waals surface area contributed by atoms with Crippen LogP contribution in [0.2, 0.25) is 0 Å². The molecule has 1 N–H and O–H groups in total. The summed E-state index contributed by atoms with van der Waals surface area (Å²) in [5.41, 5.74) is 0.883. The zero-order valence-corrected chi connectivity index (χ0v) is 13.3. The van der Waals surface area contributed by atoms with E-state index in [1.807, 2.05) is 19.9 Å². The molecule has 1 fully saturated rings. The molecule has 1 aromatic rings. The van der Waals surface area contributed by atoms with E-state index in [-0.39, 0.29) is 24.5 Å². The Hall–Kier alpha value is -2.05. The standard InChI is InChI=1S/C15H23N3O4/c1-4-21-14(19)9-16-15(20)18-7-5-6-12(18)13-8-11(10(2)3)17-22-13/h8,10,12H,4-7,9H2,1-3H3,(H,16,20)/t12-/m0/s1. The molecule has 1 aliphatic heterocycles. The minimum Gasteiger partial charge on any atom is -0.465 e. The predicted molar refractivity (Wildman–Crippen MR) is 79.3 cm³/mol. The van der Waals surface area contributed by atoms with Gasteiger partial charge in [0.1, 0.15) is 6.54 Å². The van der Waals surface area contributed by atoms with Crippen LogP contribution in [-0.4, -0.2) is 41.8 Å². The maximum absolute atomic E-state index is 12.2. The molecule has 0 aromatic carbocycles. The second-order valence-electron chi connectivity index (χ2n) is 5.62. The Morgan fingerprint density at radius 2 is 2.32 bits per heavy atom. The van der Waals surface area contributed by atoms with Gasteiger partial charge in [0.15, 0.2) is 5.76 Å². The van der Waals surface area contributed by atoms with E-state index in [9.17, 15) is 9.59 Å². The number of rotatable bonds is 5. The van der Waals surface area contributed by atoms with Crippen LogP contribution in [0.1, 0.15) is 57.0 Å². The minimum absolute atomic E-state index is 0.121. The largest absolute Gasteiger partial charge is 0.465 e. The molecule has 2 heterocycles. The molecule has 0 saturated carbocycles. The van der Waals surface area contributed by atoms with Crippen molar-refractivity contribution in [3.05, 3.63) is 17.5 Å². The molecule has 122 valence electrons. The van der Waals surface area contributed by atoms with Crippen LogP contribution in [0, 0.1) is 0 Å². The van der Waals surface area contributed by atoms with Crippen LogP contribution in [0.4, 0.5) is 4.79 Å². The Bertz CT molecular complexity index is 527. The summed E-state index contributed by atoms with van der Waals surface area (Å²) in [4.78, 5) is 25.2. The van der Waals surface area contributed by atoms with Crippen LogP contribution in [0.3, 0.4) is 0 Å². The van der Waals surface area contributed by atoms with E-state index < -0.39 is 5.97 Å². The first-order valence-corrected chi connectivity index (χ1v) is 7.69. The molecular formula is C15H23N3O4. The van der Waals surface area contributed by atoms with Gasteiger partial charge in [-0.15, -0.1) is 0 Å². The fraction of sp³-hybridized carbons (Fsp3) is 0.667. The van der Waals surface area contributed by atoms with Gasteiger partial charge in [0.25, 0.3) is 0 Å². The zero-order chi connectivity index (χ0) is 16.1. The molecule has 1 atom stereocenters. The average Bonchev–Trinajstić information content (AvgIpc) is 3.13. The topological polar surface area (TPSA) is 84.7 Å². The van der Waals surface area contributed by atoms with Crippen molar-refractivity contribution in [3.8, 4) is 0 Å². The molecule has 7 heteroatoms. The third-order valence-electron chi connectivity index (χ3n) is 3.67. The van der Waals surface area contributed by atoms with Gasteiger partial charge in [-0.2, -0.15) is 0 Å². The number of nitrogens with one attached hydrogen (secondary N) is 1. The quantitative estimate of drug-likeness (QED) is 0.843. The molecule has 1 aliphatic rings. The highest BCUT2D eigenvalue weighted by Crippen LogP contribution is 2.33. The number of hydrogen-bond donors (Lipinski definition) is 1. The van der Waals surface area contributed by atoms with E-state index in [0.717, 1.165) is 18.5 Å². The molecule has 7 nitrogen and oxygen atoms in total. The fourth-order valence-corrected chi connectivity index (χ4v) is 2.50. The van der Waals surface area contributed by atoms with Gasteiger partial charge in [-0.3, -0.25) is 4.79 Å². The monoisotopic (exact) mass is 309 g/mol. The molecule has 0 radical (unpaired) electrons. The van der Waals surface area contributed by atoms with Crippen molar-refractivity contribution < 1.29 is 18.8 Å². The number of carbonyl (C=O) groups is 2. The van der Waals surface area contributed by atoms with Gasteiger partial charge in [-0.1, -0.05) is 19.0 Å². The highest BCUT2D eigenvalue weighted by Gasteiger charge is 2.33. The molecule has 0 aliphatic carbocycles. The summed E-state index contributed by atoms with van der Waals surface area (Å²) in [6.45, 7) is 6.63. The number of amides is 2. The van der Waals surface area contributed by atoms with E-state index in [4.69, 9.17) is 9.26 Å². The van der Waals surface area contributed by atoms with E-state index in [1.54, 1.807) is 11.8 Å². The van der Waals surface area contributed by atoms with Crippen LogP contribution in [0.25, 0.3) is 0 Å². The highest BCUT2D eigenvalue weighted by molar-refractivity contribution is 5.81. The molecule has 0 unspecified atom stereocenters. The fourth-order valence-electron chi connectivity index (χ4n) is 2.50. The highest BCUT2D eigenvalue weighted by atomic mass is 16.5. The van der Waals surface area contributed by atoms with Gasteiger partial charge < -0.3 is 19.5 Å². The van der Waals surface area contributed by atoms with Gasteiger partial charge >= 0.3 is 12.0 Å². The third-order valence-corrected chi connectivity index (χ3v) is 3.67. The molecule has 1 aromatic heterocycles. The first kappa shape index (κ1) is 16.3. The van der Waals surface area contributed by atoms with E-state index in [2.05, 4.69) is 10.5 Å². The smallest absolute Gasteiger partial charge is 0.325 e. The Balaban J connectivity index is 1.97. The number of esters is 1.